The molecule has 96 valence electrons. The Morgan fingerprint density at radius 2 is 2.06 bits per heavy atom. The third-order valence-electron chi connectivity index (χ3n) is 2.13. The lowest BCUT2D eigenvalue weighted by Crippen LogP contribution is -2.07. The second-order valence-electron chi connectivity index (χ2n) is 3.59. The molecule has 8 heteroatoms. The number of rotatable bonds is 2. The van der Waals surface area contributed by atoms with Crippen molar-refractivity contribution in [1.29, 1.82) is 0 Å². The van der Waals surface area contributed by atoms with E-state index in [0.29, 0.717) is 5.69 Å². The van der Waals surface area contributed by atoms with Gasteiger partial charge in [-0.15, -0.1) is 5.10 Å². The zero-order valence-corrected chi connectivity index (χ0v) is 10.1. The molecule has 0 bridgehead atoms. The molecule has 0 radical (unpaired) electrons. The number of aromatic nitrogens is 3. The highest BCUT2D eigenvalue weighted by Gasteiger charge is 2.35. The largest absolute Gasteiger partial charge is 0.451 e. The minimum Gasteiger partial charge on any atom is -0.399 e. The zero-order valence-electron chi connectivity index (χ0n) is 9.25. The molecule has 0 spiro atoms. The number of aromatic amines is 1. The molecule has 0 saturated carbocycles. The fraction of sp³-hybridized carbons (Fsp3) is 0.200. The summed E-state index contributed by atoms with van der Waals surface area (Å²) >= 11 is 1.05. The predicted octanol–water partition coefficient (Wildman–Crippen LogP) is 2.87. The third-order valence-corrected chi connectivity index (χ3v) is 3.18. The number of anilines is 1. The maximum Gasteiger partial charge on any atom is 0.451 e. The maximum atomic E-state index is 12.3. The molecule has 4 nitrogen and oxygen atoms in total. The summed E-state index contributed by atoms with van der Waals surface area (Å²) in [5.74, 6) is -1.10. The number of nitrogens with two attached hydrogens (primary N) is 1. The fourth-order valence-corrected chi connectivity index (χ4v) is 2.09. The number of nitrogen functional groups attached to an aromatic ring is 1. The van der Waals surface area contributed by atoms with Gasteiger partial charge >= 0.3 is 6.18 Å². The normalized spacial score (nSPS) is 11.8. The van der Waals surface area contributed by atoms with Gasteiger partial charge in [-0.25, -0.2) is 0 Å². The molecule has 18 heavy (non-hydrogen) atoms. The van der Waals surface area contributed by atoms with E-state index < -0.39 is 12.0 Å². The Hall–Kier alpha value is -1.70. The Labute approximate surface area is 105 Å². The molecule has 0 atom stereocenters. The van der Waals surface area contributed by atoms with Gasteiger partial charge in [-0.1, -0.05) is 0 Å². The molecule has 0 aliphatic heterocycles. The lowest BCUT2D eigenvalue weighted by atomic mass is 10.2. The molecule has 3 N–H and O–H groups in total. The van der Waals surface area contributed by atoms with Gasteiger partial charge in [0.15, 0.2) is 0 Å². The van der Waals surface area contributed by atoms with Crippen molar-refractivity contribution in [2.24, 2.45) is 0 Å². The summed E-state index contributed by atoms with van der Waals surface area (Å²) in [4.78, 5) is 4.14. The van der Waals surface area contributed by atoms with E-state index in [-0.39, 0.29) is 5.16 Å². The minimum absolute atomic E-state index is 0.0233. The molecular formula is C10H9F3N4S. The SMILES string of the molecule is Cc1cc(N)ccc1Sc1n[nH]c(C(F)(F)F)n1. The first-order valence-corrected chi connectivity index (χ1v) is 5.71. The summed E-state index contributed by atoms with van der Waals surface area (Å²) < 4.78 is 36.9. The van der Waals surface area contributed by atoms with Gasteiger partial charge in [0.05, 0.1) is 0 Å². The average molecular weight is 274 g/mol. The van der Waals surface area contributed by atoms with E-state index in [1.165, 1.54) is 0 Å². The fourth-order valence-electron chi connectivity index (χ4n) is 1.30. The van der Waals surface area contributed by atoms with Crippen LogP contribution >= 0.6 is 11.8 Å². The highest BCUT2D eigenvalue weighted by atomic mass is 32.2. The van der Waals surface area contributed by atoms with E-state index in [1.807, 2.05) is 12.0 Å². The number of nitrogens with one attached hydrogen (secondary N) is 1. The average Bonchev–Trinajstić information content (AvgIpc) is 2.70. The highest BCUT2D eigenvalue weighted by molar-refractivity contribution is 7.99. The summed E-state index contributed by atoms with van der Waals surface area (Å²) in [6.45, 7) is 1.82. The zero-order chi connectivity index (χ0) is 13.3. The smallest absolute Gasteiger partial charge is 0.399 e. The predicted molar refractivity (Wildman–Crippen MR) is 61.1 cm³/mol. The van der Waals surface area contributed by atoms with Crippen molar-refractivity contribution in [3.63, 3.8) is 0 Å². The first-order valence-electron chi connectivity index (χ1n) is 4.90. The van der Waals surface area contributed by atoms with Crippen LogP contribution in [0.5, 0.6) is 0 Å². The van der Waals surface area contributed by atoms with E-state index in [2.05, 4.69) is 10.1 Å². The monoisotopic (exact) mass is 274 g/mol. The van der Waals surface area contributed by atoms with E-state index in [9.17, 15) is 13.2 Å². The van der Waals surface area contributed by atoms with E-state index in [0.717, 1.165) is 22.2 Å². The van der Waals surface area contributed by atoms with Crippen LogP contribution in [0.3, 0.4) is 0 Å². The van der Waals surface area contributed by atoms with Gasteiger partial charge < -0.3 is 5.73 Å². The molecule has 0 amide bonds. The summed E-state index contributed by atoms with van der Waals surface area (Å²) in [6, 6.07) is 5.13. The number of H-pyrrole nitrogens is 1. The summed E-state index contributed by atoms with van der Waals surface area (Å²) in [5, 5.41) is 5.41. The number of benzene rings is 1. The quantitative estimate of drug-likeness (QED) is 0.826. The van der Waals surface area contributed by atoms with Gasteiger partial charge in [0, 0.05) is 10.6 Å². The minimum atomic E-state index is -4.51. The Kier molecular flexibility index (Phi) is 3.20. The van der Waals surface area contributed by atoms with Crippen molar-refractivity contribution in [3.8, 4) is 0 Å². The van der Waals surface area contributed by atoms with Crippen LogP contribution in [-0.4, -0.2) is 15.2 Å². The number of aryl methyl sites for hydroxylation is 1. The molecule has 2 aromatic rings. The second kappa shape index (κ2) is 4.52. The van der Waals surface area contributed by atoms with Gasteiger partial charge in [-0.05, 0) is 42.4 Å². The molecule has 2 rings (SSSR count). The van der Waals surface area contributed by atoms with Crippen molar-refractivity contribution in [1.82, 2.24) is 15.2 Å². The maximum absolute atomic E-state index is 12.3. The first kappa shape index (κ1) is 12.7. The molecule has 1 aromatic carbocycles. The van der Waals surface area contributed by atoms with Crippen molar-refractivity contribution >= 4 is 17.4 Å². The second-order valence-corrected chi connectivity index (χ2v) is 4.60. The van der Waals surface area contributed by atoms with Gasteiger partial charge in [-0.3, -0.25) is 5.10 Å². The van der Waals surface area contributed by atoms with Crippen LogP contribution < -0.4 is 5.73 Å². The van der Waals surface area contributed by atoms with Crippen molar-refractivity contribution < 1.29 is 13.2 Å². The van der Waals surface area contributed by atoms with Crippen LogP contribution in [0.4, 0.5) is 18.9 Å². The Morgan fingerprint density at radius 1 is 1.33 bits per heavy atom. The lowest BCUT2D eigenvalue weighted by Gasteiger charge is -2.03. The molecule has 0 unspecified atom stereocenters. The Morgan fingerprint density at radius 3 is 2.61 bits per heavy atom. The highest BCUT2D eigenvalue weighted by Crippen LogP contribution is 2.31. The van der Waals surface area contributed by atoms with Crippen LogP contribution in [0.25, 0.3) is 0 Å². The van der Waals surface area contributed by atoms with Crippen molar-refractivity contribution in [3.05, 3.63) is 29.6 Å². The Balaban J connectivity index is 2.21. The Bertz CT molecular complexity index is 564. The number of alkyl halides is 3. The van der Waals surface area contributed by atoms with Crippen LogP contribution in [0.2, 0.25) is 0 Å². The van der Waals surface area contributed by atoms with Crippen molar-refractivity contribution in [2.45, 2.75) is 23.2 Å². The summed E-state index contributed by atoms with van der Waals surface area (Å²) in [5.41, 5.74) is 7.05. The summed E-state index contributed by atoms with van der Waals surface area (Å²) in [6.07, 6.45) is -4.51. The number of halogens is 3. The molecule has 0 fully saturated rings. The van der Waals surface area contributed by atoms with Crippen LogP contribution in [0.15, 0.2) is 28.3 Å². The van der Waals surface area contributed by atoms with Gasteiger partial charge in [0.1, 0.15) is 0 Å². The lowest BCUT2D eigenvalue weighted by molar-refractivity contribution is -0.144. The topological polar surface area (TPSA) is 67.6 Å². The number of hydrogen-bond acceptors (Lipinski definition) is 4. The standard InChI is InChI=1S/C10H9F3N4S/c1-5-4-6(14)2-3-7(5)18-9-15-8(16-17-9)10(11,12)13/h2-4H,14H2,1H3,(H,15,16,17). The van der Waals surface area contributed by atoms with Gasteiger partial charge in [0.2, 0.25) is 11.0 Å². The van der Waals surface area contributed by atoms with Crippen molar-refractivity contribution in [2.75, 3.05) is 5.73 Å². The van der Waals surface area contributed by atoms with Gasteiger partial charge in [0.25, 0.3) is 0 Å². The van der Waals surface area contributed by atoms with E-state index in [4.69, 9.17) is 5.73 Å². The molecule has 0 aliphatic rings. The molecular weight excluding hydrogens is 265 g/mol. The molecule has 1 aromatic heterocycles. The summed E-state index contributed by atoms with van der Waals surface area (Å²) in [7, 11) is 0. The van der Waals surface area contributed by atoms with Crippen LogP contribution in [0.1, 0.15) is 11.4 Å². The third kappa shape index (κ3) is 2.76. The van der Waals surface area contributed by atoms with Gasteiger partial charge in [-0.2, -0.15) is 18.2 Å². The molecule has 0 saturated heterocycles. The first-order chi connectivity index (χ1) is 8.36. The number of hydrogen-bond donors (Lipinski definition) is 2. The molecule has 0 aliphatic carbocycles. The van der Waals surface area contributed by atoms with Crippen LogP contribution in [0, 0.1) is 6.92 Å². The van der Waals surface area contributed by atoms with Crippen LogP contribution in [-0.2, 0) is 6.18 Å². The van der Waals surface area contributed by atoms with E-state index >= 15 is 0 Å². The van der Waals surface area contributed by atoms with E-state index in [1.54, 1.807) is 18.2 Å². The molecule has 1 heterocycles. The number of nitrogens with zero attached hydrogens (tertiary/aromatic N) is 2.